The maximum atomic E-state index is 12.2. The van der Waals surface area contributed by atoms with Gasteiger partial charge in [-0.05, 0) is 20.3 Å². The van der Waals surface area contributed by atoms with Gasteiger partial charge in [0, 0.05) is 38.5 Å². The Bertz CT molecular complexity index is 376. The Balaban J connectivity index is 2.74. The number of carbonyl (C=O) groups is 1. The minimum atomic E-state index is -0.103. The maximum absolute atomic E-state index is 12.2. The zero-order valence-electron chi connectivity index (χ0n) is 11.0. The van der Waals surface area contributed by atoms with Gasteiger partial charge in [0.15, 0.2) is 0 Å². The van der Waals surface area contributed by atoms with E-state index in [4.69, 9.17) is 10.8 Å². The number of aliphatic hydroxyl groups excluding tert-OH is 1. The highest BCUT2D eigenvalue weighted by Crippen LogP contribution is 2.07. The van der Waals surface area contributed by atoms with Gasteiger partial charge in [0.05, 0.1) is 6.33 Å². The molecule has 1 rings (SSSR count). The standard InChI is InChI=1S/C12H22N4O2/c1-10(2)16(5-3-7-17)12(18)11-8-15(6-4-13)9-14-11/h8-10,17H,3-7,13H2,1-2H3. The topological polar surface area (TPSA) is 84.4 Å². The molecule has 0 atom stereocenters. The Kier molecular flexibility index (Phi) is 5.80. The van der Waals surface area contributed by atoms with Crippen LogP contribution in [0.4, 0.5) is 0 Å². The second-order valence-electron chi connectivity index (χ2n) is 4.45. The molecule has 6 heteroatoms. The second-order valence-corrected chi connectivity index (χ2v) is 4.45. The summed E-state index contributed by atoms with van der Waals surface area (Å²) in [5.41, 5.74) is 5.87. The number of hydrogen-bond donors (Lipinski definition) is 2. The summed E-state index contributed by atoms with van der Waals surface area (Å²) in [6.07, 6.45) is 3.90. The van der Waals surface area contributed by atoms with Crippen molar-refractivity contribution in [1.29, 1.82) is 0 Å². The van der Waals surface area contributed by atoms with Crippen molar-refractivity contribution in [2.75, 3.05) is 19.7 Å². The lowest BCUT2D eigenvalue weighted by Gasteiger charge is -2.25. The van der Waals surface area contributed by atoms with Gasteiger partial charge in [-0.3, -0.25) is 4.79 Å². The number of hydrogen-bond acceptors (Lipinski definition) is 4. The Morgan fingerprint density at radius 2 is 2.33 bits per heavy atom. The Hall–Kier alpha value is -1.40. The van der Waals surface area contributed by atoms with Crippen molar-refractivity contribution >= 4 is 5.91 Å². The molecule has 102 valence electrons. The van der Waals surface area contributed by atoms with Gasteiger partial charge in [-0.1, -0.05) is 0 Å². The summed E-state index contributed by atoms with van der Waals surface area (Å²) in [6.45, 7) is 5.69. The fourth-order valence-electron chi connectivity index (χ4n) is 1.72. The summed E-state index contributed by atoms with van der Waals surface area (Å²) in [4.78, 5) is 18.1. The van der Waals surface area contributed by atoms with Crippen LogP contribution in [0.25, 0.3) is 0 Å². The van der Waals surface area contributed by atoms with Gasteiger partial charge in [0.1, 0.15) is 5.69 Å². The van der Waals surface area contributed by atoms with E-state index in [1.165, 1.54) is 0 Å². The van der Waals surface area contributed by atoms with E-state index in [1.54, 1.807) is 22.0 Å². The summed E-state index contributed by atoms with van der Waals surface area (Å²) in [5, 5.41) is 8.85. The van der Waals surface area contributed by atoms with Crippen LogP contribution in [0.15, 0.2) is 12.5 Å². The summed E-state index contributed by atoms with van der Waals surface area (Å²) in [7, 11) is 0. The fraction of sp³-hybridized carbons (Fsp3) is 0.667. The average Bonchev–Trinajstić information content (AvgIpc) is 2.78. The molecule has 0 unspecified atom stereocenters. The normalized spacial score (nSPS) is 10.9. The number of carbonyl (C=O) groups excluding carboxylic acids is 1. The van der Waals surface area contributed by atoms with Crippen molar-refractivity contribution in [3.05, 3.63) is 18.2 Å². The number of aromatic nitrogens is 2. The molecule has 0 aliphatic carbocycles. The van der Waals surface area contributed by atoms with Crippen LogP contribution in [-0.4, -0.2) is 51.2 Å². The van der Waals surface area contributed by atoms with E-state index in [0.29, 0.717) is 31.7 Å². The quantitative estimate of drug-likeness (QED) is 0.721. The van der Waals surface area contributed by atoms with E-state index < -0.39 is 0 Å². The van der Waals surface area contributed by atoms with Crippen molar-refractivity contribution < 1.29 is 9.90 Å². The summed E-state index contributed by atoms with van der Waals surface area (Å²) < 4.78 is 1.80. The number of nitrogens with two attached hydrogens (primary N) is 1. The van der Waals surface area contributed by atoms with Crippen LogP contribution in [-0.2, 0) is 6.54 Å². The van der Waals surface area contributed by atoms with Crippen LogP contribution in [0.1, 0.15) is 30.8 Å². The van der Waals surface area contributed by atoms with Crippen LogP contribution < -0.4 is 5.73 Å². The summed E-state index contributed by atoms with van der Waals surface area (Å²) in [6, 6.07) is 0.0868. The molecular formula is C12H22N4O2. The SMILES string of the molecule is CC(C)N(CCCO)C(=O)c1cn(CCN)cn1. The Morgan fingerprint density at radius 3 is 2.89 bits per heavy atom. The molecule has 0 bridgehead atoms. The maximum Gasteiger partial charge on any atom is 0.274 e. The van der Waals surface area contributed by atoms with Gasteiger partial charge in [-0.25, -0.2) is 4.98 Å². The number of amides is 1. The van der Waals surface area contributed by atoms with E-state index in [-0.39, 0.29) is 18.6 Å². The van der Waals surface area contributed by atoms with Crippen molar-refractivity contribution in [2.45, 2.75) is 32.9 Å². The monoisotopic (exact) mass is 254 g/mol. The van der Waals surface area contributed by atoms with Crippen molar-refractivity contribution in [1.82, 2.24) is 14.5 Å². The van der Waals surface area contributed by atoms with Crippen LogP contribution in [0.3, 0.4) is 0 Å². The molecule has 0 radical (unpaired) electrons. The third-order valence-corrected chi connectivity index (χ3v) is 2.68. The van der Waals surface area contributed by atoms with Gasteiger partial charge >= 0.3 is 0 Å². The van der Waals surface area contributed by atoms with Crippen LogP contribution in [0.2, 0.25) is 0 Å². The highest BCUT2D eigenvalue weighted by atomic mass is 16.3. The first kappa shape index (κ1) is 14.7. The molecule has 1 heterocycles. The highest BCUT2D eigenvalue weighted by Gasteiger charge is 2.20. The number of imidazole rings is 1. The van der Waals surface area contributed by atoms with Crippen molar-refractivity contribution in [3.63, 3.8) is 0 Å². The second kappa shape index (κ2) is 7.13. The van der Waals surface area contributed by atoms with Gasteiger partial charge in [-0.15, -0.1) is 0 Å². The zero-order valence-corrected chi connectivity index (χ0v) is 11.0. The minimum Gasteiger partial charge on any atom is -0.396 e. The molecule has 0 fully saturated rings. The third-order valence-electron chi connectivity index (χ3n) is 2.68. The van der Waals surface area contributed by atoms with E-state index >= 15 is 0 Å². The molecule has 1 aromatic rings. The first-order chi connectivity index (χ1) is 8.60. The fourth-order valence-corrected chi connectivity index (χ4v) is 1.72. The number of aliphatic hydroxyl groups is 1. The van der Waals surface area contributed by atoms with Gasteiger partial charge in [0.2, 0.25) is 0 Å². The third kappa shape index (κ3) is 3.82. The predicted octanol–water partition coefficient (Wildman–Crippen LogP) is 0.0748. The number of rotatable bonds is 7. The molecule has 0 aliphatic heterocycles. The first-order valence-electron chi connectivity index (χ1n) is 6.23. The highest BCUT2D eigenvalue weighted by molar-refractivity contribution is 5.92. The Labute approximate surface area is 107 Å². The van der Waals surface area contributed by atoms with Gasteiger partial charge in [0.25, 0.3) is 5.91 Å². The zero-order chi connectivity index (χ0) is 13.5. The molecule has 1 amide bonds. The minimum absolute atomic E-state index is 0.0815. The lowest BCUT2D eigenvalue weighted by atomic mass is 10.2. The average molecular weight is 254 g/mol. The lowest BCUT2D eigenvalue weighted by molar-refractivity contribution is 0.0687. The molecule has 0 saturated carbocycles. The molecule has 18 heavy (non-hydrogen) atoms. The lowest BCUT2D eigenvalue weighted by Crippen LogP contribution is -2.38. The molecule has 0 aromatic carbocycles. The van der Waals surface area contributed by atoms with Crippen LogP contribution in [0, 0.1) is 0 Å². The molecule has 3 N–H and O–H groups in total. The van der Waals surface area contributed by atoms with E-state index in [2.05, 4.69) is 4.98 Å². The van der Waals surface area contributed by atoms with E-state index in [1.807, 2.05) is 13.8 Å². The largest absolute Gasteiger partial charge is 0.396 e. The molecule has 0 aliphatic rings. The summed E-state index contributed by atoms with van der Waals surface area (Å²) in [5.74, 6) is -0.103. The molecule has 6 nitrogen and oxygen atoms in total. The summed E-state index contributed by atoms with van der Waals surface area (Å²) >= 11 is 0. The van der Waals surface area contributed by atoms with Crippen LogP contribution >= 0.6 is 0 Å². The van der Waals surface area contributed by atoms with Crippen molar-refractivity contribution in [3.8, 4) is 0 Å². The molecule has 1 aromatic heterocycles. The number of nitrogens with zero attached hydrogens (tertiary/aromatic N) is 3. The van der Waals surface area contributed by atoms with Crippen LogP contribution in [0.5, 0.6) is 0 Å². The molecule has 0 saturated heterocycles. The van der Waals surface area contributed by atoms with E-state index in [9.17, 15) is 4.79 Å². The van der Waals surface area contributed by atoms with E-state index in [0.717, 1.165) is 0 Å². The first-order valence-corrected chi connectivity index (χ1v) is 6.23. The molecule has 0 spiro atoms. The van der Waals surface area contributed by atoms with Crippen molar-refractivity contribution in [2.24, 2.45) is 5.73 Å². The molecular weight excluding hydrogens is 232 g/mol. The predicted molar refractivity (Wildman–Crippen MR) is 69.2 cm³/mol. The smallest absolute Gasteiger partial charge is 0.274 e. The van der Waals surface area contributed by atoms with Gasteiger partial charge < -0.3 is 20.3 Å². The van der Waals surface area contributed by atoms with Gasteiger partial charge in [-0.2, -0.15) is 0 Å². The Morgan fingerprint density at radius 1 is 1.61 bits per heavy atom.